The summed E-state index contributed by atoms with van der Waals surface area (Å²) >= 11 is 0. The van der Waals surface area contributed by atoms with Crippen molar-refractivity contribution in [2.75, 3.05) is 6.61 Å². The van der Waals surface area contributed by atoms with Crippen LogP contribution in [0.2, 0.25) is 0 Å². The van der Waals surface area contributed by atoms with Crippen molar-refractivity contribution in [3.05, 3.63) is 65.1 Å². The van der Waals surface area contributed by atoms with Crippen LogP contribution in [-0.2, 0) is 11.3 Å². The van der Waals surface area contributed by atoms with Crippen LogP contribution < -0.4 is 4.74 Å². The van der Waals surface area contributed by atoms with Crippen LogP contribution in [0.1, 0.15) is 23.0 Å². The van der Waals surface area contributed by atoms with E-state index in [4.69, 9.17) is 9.47 Å². The zero-order valence-electron chi connectivity index (χ0n) is 14.1. The van der Waals surface area contributed by atoms with Gasteiger partial charge in [0.25, 0.3) is 0 Å². The van der Waals surface area contributed by atoms with Crippen molar-refractivity contribution < 1.29 is 27.4 Å². The maximum absolute atomic E-state index is 13.7. The number of aromatic nitrogens is 3. The van der Waals surface area contributed by atoms with E-state index in [1.165, 1.54) is 0 Å². The Hall–Kier alpha value is -3.36. The summed E-state index contributed by atoms with van der Waals surface area (Å²) in [4.78, 5) is 11.9. The smallest absolute Gasteiger partial charge is 0.361 e. The first kappa shape index (κ1) is 18.4. The second-order valence-corrected chi connectivity index (χ2v) is 5.40. The van der Waals surface area contributed by atoms with E-state index in [1.54, 1.807) is 31.2 Å². The van der Waals surface area contributed by atoms with E-state index in [2.05, 4.69) is 15.4 Å². The number of halogens is 3. The molecule has 0 aliphatic rings. The Labute approximate surface area is 151 Å². The Morgan fingerprint density at radius 3 is 2.70 bits per heavy atom. The lowest BCUT2D eigenvalue weighted by Crippen LogP contribution is -2.07. The number of carbonyl (C=O) groups excluding carboxylic acids is 1. The third kappa shape index (κ3) is 3.91. The van der Waals surface area contributed by atoms with Gasteiger partial charge >= 0.3 is 5.97 Å². The SMILES string of the molecule is CCOC(=O)c1n[nH]nc1-c1cccc(COc2ccc(F)c(F)c2F)c1. The zero-order valence-corrected chi connectivity index (χ0v) is 14.1. The quantitative estimate of drug-likeness (QED) is 0.524. The Bertz CT molecular complexity index is 975. The van der Waals surface area contributed by atoms with Crippen LogP contribution in [0, 0.1) is 17.5 Å². The van der Waals surface area contributed by atoms with Gasteiger partial charge in [0.05, 0.1) is 6.61 Å². The number of rotatable bonds is 6. The van der Waals surface area contributed by atoms with Gasteiger partial charge in [-0.3, -0.25) is 0 Å². The van der Waals surface area contributed by atoms with Crippen LogP contribution in [0.15, 0.2) is 36.4 Å². The maximum Gasteiger partial charge on any atom is 0.361 e. The van der Waals surface area contributed by atoms with Gasteiger partial charge in [-0.15, -0.1) is 5.10 Å². The molecular weight excluding hydrogens is 363 g/mol. The number of nitrogens with zero attached hydrogens (tertiary/aromatic N) is 2. The van der Waals surface area contributed by atoms with Gasteiger partial charge in [0.1, 0.15) is 12.3 Å². The van der Waals surface area contributed by atoms with E-state index < -0.39 is 29.2 Å². The number of hydrogen-bond acceptors (Lipinski definition) is 5. The van der Waals surface area contributed by atoms with Crippen molar-refractivity contribution in [3.8, 4) is 17.0 Å². The summed E-state index contributed by atoms with van der Waals surface area (Å²) in [5, 5.41) is 10.1. The first-order valence-corrected chi connectivity index (χ1v) is 7.94. The first-order chi connectivity index (χ1) is 13.0. The highest BCUT2D eigenvalue weighted by Gasteiger charge is 2.19. The molecule has 0 saturated heterocycles. The van der Waals surface area contributed by atoms with Gasteiger partial charge in [-0.05, 0) is 30.7 Å². The molecule has 0 atom stereocenters. The van der Waals surface area contributed by atoms with Crippen molar-refractivity contribution in [1.29, 1.82) is 0 Å². The topological polar surface area (TPSA) is 77.1 Å². The highest BCUT2D eigenvalue weighted by atomic mass is 19.2. The van der Waals surface area contributed by atoms with Crippen LogP contribution in [0.3, 0.4) is 0 Å². The molecule has 2 aromatic carbocycles. The number of carbonyl (C=O) groups is 1. The fourth-order valence-electron chi connectivity index (χ4n) is 2.36. The zero-order chi connectivity index (χ0) is 19.4. The second-order valence-electron chi connectivity index (χ2n) is 5.40. The predicted octanol–water partition coefficient (Wildman–Crippen LogP) is 3.64. The average Bonchev–Trinajstić information content (AvgIpc) is 3.16. The fourth-order valence-corrected chi connectivity index (χ4v) is 2.36. The van der Waals surface area contributed by atoms with Gasteiger partial charge in [-0.25, -0.2) is 13.6 Å². The van der Waals surface area contributed by atoms with Crippen molar-refractivity contribution >= 4 is 5.97 Å². The number of hydrogen-bond donors (Lipinski definition) is 1. The van der Waals surface area contributed by atoms with Gasteiger partial charge in [-0.2, -0.15) is 14.7 Å². The summed E-state index contributed by atoms with van der Waals surface area (Å²) in [5.74, 6) is -5.31. The van der Waals surface area contributed by atoms with Gasteiger partial charge in [0.2, 0.25) is 5.82 Å². The number of aromatic amines is 1. The Kier molecular flexibility index (Phi) is 5.39. The van der Waals surface area contributed by atoms with Crippen LogP contribution in [0.25, 0.3) is 11.3 Å². The molecule has 0 bridgehead atoms. The van der Waals surface area contributed by atoms with Crippen molar-refractivity contribution in [2.24, 2.45) is 0 Å². The first-order valence-electron chi connectivity index (χ1n) is 7.94. The summed E-state index contributed by atoms with van der Waals surface area (Å²) in [6.45, 7) is 1.76. The van der Waals surface area contributed by atoms with E-state index >= 15 is 0 Å². The molecule has 1 N–H and O–H groups in total. The standard InChI is InChI=1S/C18H14F3N3O3/c1-2-26-18(25)17-16(22-24-23-17)11-5-3-4-10(8-11)9-27-13-7-6-12(19)14(20)15(13)21/h3-8H,2,9H2,1H3,(H,22,23,24). The van der Waals surface area contributed by atoms with Gasteiger partial charge in [-0.1, -0.05) is 18.2 Å². The lowest BCUT2D eigenvalue weighted by Gasteiger charge is -2.09. The fraction of sp³-hybridized carbons (Fsp3) is 0.167. The molecule has 6 nitrogen and oxygen atoms in total. The van der Waals surface area contributed by atoms with Crippen molar-refractivity contribution in [3.63, 3.8) is 0 Å². The minimum atomic E-state index is -1.59. The summed E-state index contributed by atoms with van der Waals surface area (Å²) in [7, 11) is 0. The molecule has 140 valence electrons. The van der Waals surface area contributed by atoms with Gasteiger partial charge in [0, 0.05) is 5.56 Å². The minimum Gasteiger partial charge on any atom is -0.486 e. The highest BCUT2D eigenvalue weighted by molar-refractivity contribution is 5.93. The molecule has 0 fully saturated rings. The third-order valence-corrected chi connectivity index (χ3v) is 3.61. The number of H-pyrrole nitrogens is 1. The third-order valence-electron chi connectivity index (χ3n) is 3.61. The summed E-state index contributed by atoms with van der Waals surface area (Å²) in [6, 6.07) is 8.50. The molecule has 0 unspecified atom stereocenters. The number of esters is 1. The summed E-state index contributed by atoms with van der Waals surface area (Å²) < 4.78 is 50.0. The summed E-state index contributed by atoms with van der Waals surface area (Å²) in [5.41, 5.74) is 1.46. The average molecular weight is 377 g/mol. The lowest BCUT2D eigenvalue weighted by molar-refractivity contribution is 0.0520. The number of benzene rings is 2. The minimum absolute atomic E-state index is 0.0292. The van der Waals surface area contributed by atoms with Gasteiger partial charge < -0.3 is 9.47 Å². The summed E-state index contributed by atoms with van der Waals surface area (Å²) in [6.07, 6.45) is 0. The van der Waals surface area contributed by atoms with Crippen LogP contribution in [-0.4, -0.2) is 28.0 Å². The van der Waals surface area contributed by atoms with Crippen LogP contribution >= 0.6 is 0 Å². The second kappa shape index (κ2) is 7.90. The molecule has 3 rings (SSSR count). The molecule has 27 heavy (non-hydrogen) atoms. The van der Waals surface area contributed by atoms with E-state index in [1.807, 2.05) is 0 Å². The van der Waals surface area contributed by atoms with Crippen molar-refractivity contribution in [2.45, 2.75) is 13.5 Å². The van der Waals surface area contributed by atoms with E-state index in [0.717, 1.165) is 12.1 Å². The lowest BCUT2D eigenvalue weighted by atomic mass is 10.1. The maximum atomic E-state index is 13.7. The van der Waals surface area contributed by atoms with E-state index in [-0.39, 0.29) is 24.6 Å². The van der Waals surface area contributed by atoms with Crippen LogP contribution in [0.4, 0.5) is 13.2 Å². The number of nitrogens with one attached hydrogen (secondary N) is 1. The predicted molar refractivity (Wildman–Crippen MR) is 88.4 cm³/mol. The highest BCUT2D eigenvalue weighted by Crippen LogP contribution is 2.25. The van der Waals surface area contributed by atoms with Crippen molar-refractivity contribution in [1.82, 2.24) is 15.4 Å². The van der Waals surface area contributed by atoms with Gasteiger partial charge in [0.15, 0.2) is 23.1 Å². The Balaban J connectivity index is 1.80. The van der Waals surface area contributed by atoms with E-state index in [9.17, 15) is 18.0 Å². The molecule has 0 saturated carbocycles. The monoisotopic (exact) mass is 377 g/mol. The Morgan fingerprint density at radius 1 is 1.11 bits per heavy atom. The molecule has 3 aromatic rings. The molecule has 0 aliphatic heterocycles. The molecule has 1 aromatic heterocycles. The molecule has 0 amide bonds. The molecule has 9 heteroatoms. The normalized spacial score (nSPS) is 10.7. The number of ether oxygens (including phenoxy) is 2. The molecule has 0 spiro atoms. The van der Waals surface area contributed by atoms with Crippen LogP contribution in [0.5, 0.6) is 5.75 Å². The molecule has 1 heterocycles. The molecule has 0 radical (unpaired) electrons. The molecular formula is C18H14F3N3O3. The molecule has 0 aliphatic carbocycles. The largest absolute Gasteiger partial charge is 0.486 e. The Morgan fingerprint density at radius 2 is 1.93 bits per heavy atom. The van der Waals surface area contributed by atoms with E-state index in [0.29, 0.717) is 11.1 Å².